The highest BCUT2D eigenvalue weighted by molar-refractivity contribution is 7.92. The molecule has 1 N–H and O–H groups in total. The number of hydrogen-bond acceptors (Lipinski definition) is 6. The second-order valence-electron chi connectivity index (χ2n) is 7.87. The van der Waals surface area contributed by atoms with Gasteiger partial charge in [0.05, 0.1) is 5.69 Å². The van der Waals surface area contributed by atoms with Crippen LogP contribution in [0.2, 0.25) is 5.02 Å². The monoisotopic (exact) mass is 492 g/mol. The molecule has 1 saturated heterocycles. The third-order valence-corrected chi connectivity index (χ3v) is 7.62. The van der Waals surface area contributed by atoms with Crippen molar-refractivity contribution in [3.8, 4) is 0 Å². The Morgan fingerprint density at radius 3 is 2.59 bits per heavy atom. The van der Waals surface area contributed by atoms with E-state index in [1.165, 1.54) is 6.07 Å². The van der Waals surface area contributed by atoms with Gasteiger partial charge < -0.3 is 14.5 Å². The molecule has 1 fully saturated rings. The van der Waals surface area contributed by atoms with Gasteiger partial charge in [0.1, 0.15) is 22.3 Å². The number of rotatable bonds is 7. The molecule has 0 aliphatic carbocycles. The predicted molar refractivity (Wildman–Crippen MR) is 116 cm³/mol. The Labute approximate surface area is 190 Å². The maximum Gasteiger partial charge on any atom is 0.268 e. The van der Waals surface area contributed by atoms with Crippen LogP contribution in [0.15, 0.2) is 29.2 Å². The number of ether oxygens (including phenoxy) is 1. The van der Waals surface area contributed by atoms with Crippen molar-refractivity contribution < 1.29 is 26.3 Å². The normalized spacial score (nSPS) is 20.1. The minimum Gasteiger partial charge on any atom is -0.375 e. The van der Waals surface area contributed by atoms with Crippen LogP contribution in [-0.2, 0) is 14.8 Å². The highest BCUT2D eigenvalue weighted by Gasteiger charge is 2.45. The van der Waals surface area contributed by atoms with Crippen molar-refractivity contribution in [2.75, 3.05) is 43.9 Å². The van der Waals surface area contributed by atoms with E-state index in [2.05, 4.69) is 4.98 Å². The Bertz CT molecular complexity index is 1120. The number of anilines is 2. The van der Waals surface area contributed by atoms with Gasteiger partial charge in [-0.15, -0.1) is 0 Å². The van der Waals surface area contributed by atoms with E-state index in [1.54, 1.807) is 12.0 Å². The highest BCUT2D eigenvalue weighted by Crippen LogP contribution is 2.40. The molecule has 0 spiro atoms. The molecule has 0 amide bonds. The lowest BCUT2D eigenvalue weighted by Gasteiger charge is -2.38. The van der Waals surface area contributed by atoms with E-state index in [0.29, 0.717) is 19.5 Å². The van der Waals surface area contributed by atoms with Crippen molar-refractivity contribution in [1.82, 2.24) is 9.88 Å². The summed E-state index contributed by atoms with van der Waals surface area (Å²) < 4.78 is 76.1. The minimum atomic E-state index is -4.77. The molecule has 0 saturated carbocycles. The van der Waals surface area contributed by atoms with Gasteiger partial charge in [-0.3, -0.25) is 4.72 Å². The lowest BCUT2D eigenvalue weighted by Crippen LogP contribution is -2.51. The first-order valence-electron chi connectivity index (χ1n) is 9.71. The van der Waals surface area contributed by atoms with Crippen LogP contribution in [0.4, 0.5) is 24.7 Å². The van der Waals surface area contributed by atoms with E-state index < -0.39 is 48.9 Å². The van der Waals surface area contributed by atoms with Gasteiger partial charge in [0.2, 0.25) is 5.95 Å². The topological polar surface area (TPSA) is 74.8 Å². The Morgan fingerprint density at radius 2 is 2.00 bits per heavy atom. The van der Waals surface area contributed by atoms with Crippen molar-refractivity contribution in [3.05, 3.63) is 46.9 Å². The van der Waals surface area contributed by atoms with Crippen molar-refractivity contribution >= 4 is 33.1 Å². The van der Waals surface area contributed by atoms with Crippen LogP contribution in [0, 0.1) is 17.6 Å². The number of nitrogens with one attached hydrogen (secondary N) is 1. The number of pyridine rings is 1. The van der Waals surface area contributed by atoms with E-state index in [0.717, 1.165) is 18.2 Å². The van der Waals surface area contributed by atoms with E-state index >= 15 is 4.39 Å². The fourth-order valence-electron chi connectivity index (χ4n) is 3.86. The largest absolute Gasteiger partial charge is 0.375 e. The van der Waals surface area contributed by atoms with E-state index in [1.807, 2.05) is 30.6 Å². The smallest absolute Gasteiger partial charge is 0.268 e. The van der Waals surface area contributed by atoms with E-state index in [9.17, 15) is 17.2 Å². The summed E-state index contributed by atoms with van der Waals surface area (Å²) in [6.07, 6.45) is 0.579. The van der Waals surface area contributed by atoms with Gasteiger partial charge in [0.25, 0.3) is 10.0 Å². The van der Waals surface area contributed by atoms with Gasteiger partial charge >= 0.3 is 0 Å². The third-order valence-electron chi connectivity index (χ3n) is 5.87. The molecule has 1 aromatic carbocycles. The number of nitrogens with zero attached hydrogens (tertiary/aromatic N) is 3. The first kappa shape index (κ1) is 24.6. The average molecular weight is 493 g/mol. The van der Waals surface area contributed by atoms with Crippen LogP contribution in [-0.4, -0.2) is 64.2 Å². The van der Waals surface area contributed by atoms with Gasteiger partial charge in [0.15, 0.2) is 10.7 Å². The van der Waals surface area contributed by atoms with Crippen LogP contribution in [0.5, 0.6) is 0 Å². The van der Waals surface area contributed by atoms with Gasteiger partial charge in [-0.1, -0.05) is 17.7 Å². The standard InChI is InChI=1S/C20H24ClF3N4O3S/c1-12(27(2)3)20(31-4)8-9-28(11-20)14-10-13(22)19(18(24)17(14)21)32(29,30)26-16-7-5-6-15(23)25-16/h5-7,10,12H,8-9,11H2,1-4H3,(H,25,26)/t12-,20-/m0/s1. The molecule has 2 atom stereocenters. The maximum atomic E-state index is 15.1. The fraction of sp³-hybridized carbons (Fsp3) is 0.450. The molecule has 7 nitrogen and oxygen atoms in total. The van der Waals surface area contributed by atoms with Gasteiger partial charge in [0, 0.05) is 32.3 Å². The van der Waals surface area contributed by atoms with Crippen molar-refractivity contribution in [2.45, 2.75) is 29.9 Å². The van der Waals surface area contributed by atoms with E-state index in [-0.39, 0.29) is 11.7 Å². The molecule has 1 aliphatic rings. The van der Waals surface area contributed by atoms with Gasteiger partial charge in [-0.25, -0.2) is 22.2 Å². The zero-order valence-corrected chi connectivity index (χ0v) is 19.6. The zero-order valence-electron chi connectivity index (χ0n) is 18.0. The number of benzene rings is 1. The lowest BCUT2D eigenvalue weighted by atomic mass is 9.93. The summed E-state index contributed by atoms with van der Waals surface area (Å²) in [5.41, 5.74) is -0.579. The number of halogens is 4. The Morgan fingerprint density at radius 1 is 1.31 bits per heavy atom. The molecule has 0 unspecified atom stereocenters. The zero-order chi connectivity index (χ0) is 23.8. The number of hydrogen-bond donors (Lipinski definition) is 1. The third kappa shape index (κ3) is 4.52. The van der Waals surface area contributed by atoms with Gasteiger partial charge in [-0.2, -0.15) is 4.39 Å². The van der Waals surface area contributed by atoms with Crippen LogP contribution >= 0.6 is 11.6 Å². The summed E-state index contributed by atoms with van der Waals surface area (Å²) >= 11 is 6.16. The molecule has 2 aromatic rings. The molecule has 0 radical (unpaired) electrons. The van der Waals surface area contributed by atoms with Crippen LogP contribution < -0.4 is 9.62 Å². The molecule has 1 aliphatic heterocycles. The number of aromatic nitrogens is 1. The molecular formula is C20H24ClF3N4O3S. The lowest BCUT2D eigenvalue weighted by molar-refractivity contribution is -0.0456. The van der Waals surface area contributed by atoms with E-state index in [4.69, 9.17) is 16.3 Å². The highest BCUT2D eigenvalue weighted by atomic mass is 35.5. The fourth-order valence-corrected chi connectivity index (χ4v) is 5.33. The Hall–Kier alpha value is -2.08. The summed E-state index contributed by atoms with van der Waals surface area (Å²) in [6, 6.07) is 4.22. The molecule has 32 heavy (non-hydrogen) atoms. The second kappa shape index (κ2) is 9.05. The SMILES string of the molecule is CO[C@@]1([C@H](C)N(C)C)CCN(c2cc(F)c(S(=O)(=O)Nc3cccc(F)n3)c(F)c2Cl)C1. The Balaban J connectivity index is 1.96. The molecule has 0 bridgehead atoms. The summed E-state index contributed by atoms with van der Waals surface area (Å²) in [5.74, 6) is -4.16. The first-order valence-corrected chi connectivity index (χ1v) is 11.6. The van der Waals surface area contributed by atoms with Crippen molar-refractivity contribution in [3.63, 3.8) is 0 Å². The van der Waals surface area contributed by atoms with Crippen molar-refractivity contribution in [1.29, 1.82) is 0 Å². The average Bonchev–Trinajstić information content (AvgIpc) is 3.15. The van der Waals surface area contributed by atoms with Crippen molar-refractivity contribution in [2.24, 2.45) is 0 Å². The molecule has 3 rings (SSSR count). The molecule has 12 heteroatoms. The number of methoxy groups -OCH3 is 1. The molecule has 1 aromatic heterocycles. The summed E-state index contributed by atoms with van der Waals surface area (Å²) in [4.78, 5) is 5.72. The van der Waals surface area contributed by atoms with Crippen LogP contribution in [0.3, 0.4) is 0 Å². The summed E-state index contributed by atoms with van der Waals surface area (Å²) in [7, 11) is 0.614. The molecular weight excluding hydrogens is 469 g/mol. The summed E-state index contributed by atoms with van der Waals surface area (Å²) in [6.45, 7) is 2.69. The Kier molecular flexibility index (Phi) is 6.94. The van der Waals surface area contributed by atoms with Crippen LogP contribution in [0.25, 0.3) is 0 Å². The summed E-state index contributed by atoms with van der Waals surface area (Å²) in [5, 5.41) is -0.539. The molecule has 2 heterocycles. The first-order chi connectivity index (χ1) is 14.9. The van der Waals surface area contributed by atoms with Crippen LogP contribution in [0.1, 0.15) is 13.3 Å². The number of likely N-dealkylation sites (N-methyl/N-ethyl adjacent to an activating group) is 1. The predicted octanol–water partition coefficient (Wildman–Crippen LogP) is 3.50. The maximum absolute atomic E-state index is 15.1. The second-order valence-corrected chi connectivity index (χ2v) is 9.86. The van der Waals surface area contributed by atoms with Gasteiger partial charge in [-0.05, 0) is 39.6 Å². The quantitative estimate of drug-likeness (QED) is 0.471. The minimum absolute atomic E-state index is 0.00594. The number of sulfonamides is 1. The molecule has 176 valence electrons.